The molecule has 1 aromatic rings. The van der Waals surface area contributed by atoms with Gasteiger partial charge in [-0.15, -0.1) is 0 Å². The Morgan fingerprint density at radius 2 is 1.82 bits per heavy atom. The predicted octanol–water partition coefficient (Wildman–Crippen LogP) is 1.61. The van der Waals surface area contributed by atoms with E-state index < -0.39 is 0 Å². The summed E-state index contributed by atoms with van der Waals surface area (Å²) in [5, 5.41) is 10.1. The van der Waals surface area contributed by atoms with Gasteiger partial charge in [-0.05, 0) is 24.6 Å². The van der Waals surface area contributed by atoms with Gasteiger partial charge in [0.25, 0.3) is 0 Å². The average Bonchev–Trinajstić information content (AvgIpc) is 2.49. The van der Waals surface area contributed by atoms with Crippen molar-refractivity contribution in [1.29, 1.82) is 0 Å². The number of aliphatic hydroxyl groups excluding tert-OH is 1. The summed E-state index contributed by atoms with van der Waals surface area (Å²) in [6.07, 6.45) is -0.261. The fraction of sp³-hybridized carbons (Fsp3) is 0.625. The Morgan fingerprint density at radius 1 is 1.14 bits per heavy atom. The van der Waals surface area contributed by atoms with Crippen LogP contribution < -0.4 is 9.47 Å². The van der Waals surface area contributed by atoms with Gasteiger partial charge in [-0.2, -0.15) is 0 Å². The van der Waals surface area contributed by atoms with Crippen LogP contribution in [0.15, 0.2) is 12.1 Å². The number of benzene rings is 1. The number of rotatable bonds is 4. The zero-order chi connectivity index (χ0) is 15.5. The summed E-state index contributed by atoms with van der Waals surface area (Å²) in [5.74, 6) is 1.42. The van der Waals surface area contributed by atoms with E-state index >= 15 is 0 Å². The number of fused-ring (bicyclic) bond motifs is 1. The second-order valence-corrected chi connectivity index (χ2v) is 6.43. The van der Waals surface area contributed by atoms with Crippen molar-refractivity contribution >= 4 is 11.6 Å². The molecule has 1 atom stereocenters. The molecule has 6 heteroatoms. The van der Waals surface area contributed by atoms with Gasteiger partial charge in [-0.1, -0.05) is 11.6 Å². The molecule has 1 saturated heterocycles. The Morgan fingerprint density at radius 3 is 2.55 bits per heavy atom. The Kier molecular flexibility index (Phi) is 5.08. The minimum Gasteiger partial charge on any atom is -0.486 e. The lowest BCUT2D eigenvalue weighted by molar-refractivity contribution is 0.0780. The van der Waals surface area contributed by atoms with Crippen molar-refractivity contribution in [2.24, 2.45) is 0 Å². The topological polar surface area (TPSA) is 45.2 Å². The molecule has 2 aliphatic heterocycles. The van der Waals surface area contributed by atoms with E-state index in [1.165, 1.54) is 0 Å². The smallest absolute Gasteiger partial charge is 0.179 e. The third kappa shape index (κ3) is 3.84. The Labute approximate surface area is 136 Å². The fourth-order valence-corrected chi connectivity index (χ4v) is 3.31. The third-order valence-electron chi connectivity index (χ3n) is 4.05. The van der Waals surface area contributed by atoms with E-state index in [2.05, 4.69) is 9.80 Å². The molecule has 2 aliphatic rings. The zero-order valence-corrected chi connectivity index (χ0v) is 13.7. The quantitative estimate of drug-likeness (QED) is 0.911. The zero-order valence-electron chi connectivity index (χ0n) is 12.9. The SMILES string of the molecule is C[C@H](O)CN1CCN(Cc2cc(Cl)c3c(c2)OCCO3)CC1. The van der Waals surface area contributed by atoms with Gasteiger partial charge < -0.3 is 14.6 Å². The van der Waals surface area contributed by atoms with E-state index in [1.54, 1.807) is 0 Å². The van der Waals surface area contributed by atoms with E-state index in [9.17, 15) is 5.11 Å². The van der Waals surface area contributed by atoms with Crippen LogP contribution in [0.5, 0.6) is 11.5 Å². The highest BCUT2D eigenvalue weighted by Crippen LogP contribution is 2.38. The summed E-state index contributed by atoms with van der Waals surface area (Å²) in [6, 6.07) is 4.00. The van der Waals surface area contributed by atoms with E-state index in [4.69, 9.17) is 21.1 Å². The van der Waals surface area contributed by atoms with E-state index in [-0.39, 0.29) is 6.10 Å². The van der Waals surface area contributed by atoms with E-state index in [0.717, 1.165) is 50.6 Å². The van der Waals surface area contributed by atoms with Crippen LogP contribution in [0.3, 0.4) is 0 Å². The van der Waals surface area contributed by atoms with Crippen molar-refractivity contribution in [2.75, 3.05) is 45.9 Å². The van der Waals surface area contributed by atoms with Crippen LogP contribution in [-0.4, -0.2) is 66.9 Å². The number of aliphatic hydroxyl groups is 1. The van der Waals surface area contributed by atoms with Gasteiger partial charge in [0.15, 0.2) is 11.5 Å². The first kappa shape index (κ1) is 15.9. The highest BCUT2D eigenvalue weighted by molar-refractivity contribution is 6.32. The second-order valence-electron chi connectivity index (χ2n) is 6.03. The van der Waals surface area contributed by atoms with Crippen LogP contribution in [-0.2, 0) is 6.54 Å². The number of nitrogens with zero attached hydrogens (tertiary/aromatic N) is 2. The van der Waals surface area contributed by atoms with Crippen molar-refractivity contribution < 1.29 is 14.6 Å². The monoisotopic (exact) mass is 326 g/mol. The van der Waals surface area contributed by atoms with Crippen molar-refractivity contribution in [1.82, 2.24) is 9.80 Å². The first-order valence-electron chi connectivity index (χ1n) is 7.82. The molecule has 0 spiro atoms. The van der Waals surface area contributed by atoms with Gasteiger partial charge in [0.05, 0.1) is 11.1 Å². The molecule has 0 amide bonds. The lowest BCUT2D eigenvalue weighted by atomic mass is 10.1. The van der Waals surface area contributed by atoms with Crippen LogP contribution in [0.25, 0.3) is 0 Å². The lowest BCUT2D eigenvalue weighted by Crippen LogP contribution is -2.47. The molecular formula is C16H23ClN2O3. The number of β-amino-alcohol motifs (C(OH)–C–C–N with tert-alkyl or cyclic N) is 1. The van der Waals surface area contributed by atoms with Crippen molar-refractivity contribution in [3.05, 3.63) is 22.7 Å². The number of halogens is 1. The first-order valence-corrected chi connectivity index (χ1v) is 8.20. The standard InChI is InChI=1S/C16H23ClN2O3/c1-12(20)10-18-2-4-19(5-3-18)11-13-8-14(17)16-15(9-13)21-6-7-22-16/h8-9,12,20H,2-7,10-11H2,1H3/t12-/m0/s1. The first-order chi connectivity index (χ1) is 10.6. The molecule has 0 aliphatic carbocycles. The van der Waals surface area contributed by atoms with Gasteiger partial charge in [0.2, 0.25) is 0 Å². The normalized spacial score (nSPS) is 20.9. The molecule has 3 rings (SSSR count). The van der Waals surface area contributed by atoms with Crippen LogP contribution in [0.2, 0.25) is 5.02 Å². The highest BCUT2D eigenvalue weighted by atomic mass is 35.5. The molecule has 2 heterocycles. The molecule has 1 aromatic carbocycles. The second kappa shape index (κ2) is 7.04. The molecule has 0 saturated carbocycles. The number of ether oxygens (including phenoxy) is 2. The minimum atomic E-state index is -0.261. The summed E-state index contributed by atoms with van der Waals surface area (Å²) in [4.78, 5) is 4.71. The predicted molar refractivity (Wildman–Crippen MR) is 85.8 cm³/mol. The van der Waals surface area contributed by atoms with Crippen LogP contribution >= 0.6 is 11.6 Å². The summed E-state index contributed by atoms with van der Waals surface area (Å²) >= 11 is 6.29. The summed E-state index contributed by atoms with van der Waals surface area (Å²) in [6.45, 7) is 8.55. The van der Waals surface area contributed by atoms with Crippen molar-refractivity contribution in [3.8, 4) is 11.5 Å². The summed E-state index contributed by atoms with van der Waals surface area (Å²) in [5.41, 5.74) is 1.15. The molecule has 0 unspecified atom stereocenters. The van der Waals surface area contributed by atoms with E-state index in [0.29, 0.717) is 24.0 Å². The molecule has 22 heavy (non-hydrogen) atoms. The number of hydrogen-bond donors (Lipinski definition) is 1. The number of piperazine rings is 1. The molecule has 122 valence electrons. The van der Waals surface area contributed by atoms with Gasteiger partial charge in [-0.25, -0.2) is 0 Å². The molecular weight excluding hydrogens is 304 g/mol. The largest absolute Gasteiger partial charge is 0.486 e. The maximum absolute atomic E-state index is 9.45. The average molecular weight is 327 g/mol. The molecule has 5 nitrogen and oxygen atoms in total. The van der Waals surface area contributed by atoms with Crippen molar-refractivity contribution in [3.63, 3.8) is 0 Å². The van der Waals surface area contributed by atoms with Gasteiger partial charge in [0, 0.05) is 39.3 Å². The van der Waals surface area contributed by atoms with Crippen LogP contribution in [0, 0.1) is 0 Å². The maximum atomic E-state index is 9.45. The fourth-order valence-electron chi connectivity index (χ4n) is 3.02. The van der Waals surface area contributed by atoms with Crippen LogP contribution in [0.1, 0.15) is 12.5 Å². The number of hydrogen-bond acceptors (Lipinski definition) is 5. The Hall–Kier alpha value is -1.01. The molecule has 0 aromatic heterocycles. The minimum absolute atomic E-state index is 0.261. The van der Waals surface area contributed by atoms with Crippen molar-refractivity contribution in [2.45, 2.75) is 19.6 Å². The van der Waals surface area contributed by atoms with Gasteiger partial charge in [-0.3, -0.25) is 9.80 Å². The highest BCUT2D eigenvalue weighted by Gasteiger charge is 2.20. The van der Waals surface area contributed by atoms with Crippen LogP contribution in [0.4, 0.5) is 0 Å². The third-order valence-corrected chi connectivity index (χ3v) is 4.33. The molecule has 1 N–H and O–H groups in total. The van der Waals surface area contributed by atoms with E-state index in [1.807, 2.05) is 19.1 Å². The Bertz CT molecular complexity index is 516. The summed E-state index contributed by atoms with van der Waals surface area (Å²) in [7, 11) is 0. The molecule has 0 radical (unpaired) electrons. The lowest BCUT2D eigenvalue weighted by Gasteiger charge is -2.35. The molecule has 0 bridgehead atoms. The van der Waals surface area contributed by atoms with Gasteiger partial charge >= 0.3 is 0 Å². The molecule has 1 fully saturated rings. The maximum Gasteiger partial charge on any atom is 0.179 e. The van der Waals surface area contributed by atoms with Gasteiger partial charge in [0.1, 0.15) is 13.2 Å². The summed E-state index contributed by atoms with van der Waals surface area (Å²) < 4.78 is 11.2. The Balaban J connectivity index is 1.59.